The van der Waals surface area contributed by atoms with Crippen LogP contribution in [0.25, 0.3) is 5.76 Å². The highest BCUT2D eigenvalue weighted by Gasteiger charge is 2.47. The SMILES string of the molecule is Cc1ccc(N2C(=O)C(=O)/C(=C(/O)c3ccc([N+](=O)[O-])cc3)C2c2ccccn2)cc1Cl. The lowest BCUT2D eigenvalue weighted by molar-refractivity contribution is -0.384. The molecule has 0 aliphatic carbocycles. The third-order valence-electron chi connectivity index (χ3n) is 5.20. The van der Waals surface area contributed by atoms with E-state index >= 15 is 0 Å². The molecule has 2 aromatic carbocycles. The predicted molar refractivity (Wildman–Crippen MR) is 118 cm³/mol. The summed E-state index contributed by atoms with van der Waals surface area (Å²) in [6.45, 7) is 1.81. The summed E-state index contributed by atoms with van der Waals surface area (Å²) in [4.78, 5) is 42.0. The lowest BCUT2D eigenvalue weighted by Gasteiger charge is -2.25. The quantitative estimate of drug-likeness (QED) is 0.205. The minimum atomic E-state index is -1.01. The Kier molecular flexibility index (Phi) is 5.46. The topological polar surface area (TPSA) is 114 Å². The van der Waals surface area contributed by atoms with Gasteiger partial charge in [0.15, 0.2) is 0 Å². The van der Waals surface area contributed by atoms with Crippen LogP contribution in [0.4, 0.5) is 11.4 Å². The number of carbonyl (C=O) groups excluding carboxylic acids is 2. The highest BCUT2D eigenvalue weighted by molar-refractivity contribution is 6.51. The molecule has 0 bridgehead atoms. The number of nitro groups is 1. The number of hydrogen-bond acceptors (Lipinski definition) is 6. The van der Waals surface area contributed by atoms with Crippen molar-refractivity contribution in [2.75, 3.05) is 4.90 Å². The van der Waals surface area contributed by atoms with Gasteiger partial charge in [0.05, 0.1) is 16.2 Å². The number of anilines is 1. The summed E-state index contributed by atoms with van der Waals surface area (Å²) >= 11 is 6.25. The smallest absolute Gasteiger partial charge is 0.300 e. The molecule has 1 unspecified atom stereocenters. The number of nitrogens with zero attached hydrogens (tertiary/aromatic N) is 3. The molecule has 9 heteroatoms. The molecule has 0 saturated carbocycles. The van der Waals surface area contributed by atoms with Crippen LogP contribution in [-0.2, 0) is 9.59 Å². The molecule has 1 aliphatic rings. The first-order chi connectivity index (χ1) is 15.3. The van der Waals surface area contributed by atoms with Crippen LogP contribution in [0.1, 0.15) is 22.9 Å². The molecule has 8 nitrogen and oxygen atoms in total. The predicted octanol–water partition coefficient (Wildman–Crippen LogP) is 4.58. The summed E-state index contributed by atoms with van der Waals surface area (Å²) in [6, 6.07) is 14.0. The Hall–Kier alpha value is -4.04. The number of amides is 1. The van der Waals surface area contributed by atoms with Gasteiger partial charge in [-0.25, -0.2) is 0 Å². The number of pyridine rings is 1. The van der Waals surface area contributed by atoms with Crippen molar-refractivity contribution in [2.24, 2.45) is 0 Å². The molecule has 3 aromatic rings. The second-order valence-corrected chi connectivity index (χ2v) is 7.57. The van der Waals surface area contributed by atoms with Crippen molar-refractivity contribution in [1.29, 1.82) is 0 Å². The zero-order valence-corrected chi connectivity index (χ0v) is 17.5. The van der Waals surface area contributed by atoms with Gasteiger partial charge in [-0.2, -0.15) is 0 Å². The largest absolute Gasteiger partial charge is 0.507 e. The maximum absolute atomic E-state index is 13.0. The summed E-state index contributed by atoms with van der Waals surface area (Å²) in [5.74, 6) is -2.19. The Bertz CT molecular complexity index is 1270. The van der Waals surface area contributed by atoms with Crippen LogP contribution in [-0.4, -0.2) is 26.7 Å². The molecule has 1 amide bonds. The van der Waals surface area contributed by atoms with E-state index in [2.05, 4.69) is 4.98 Å². The van der Waals surface area contributed by atoms with E-state index in [4.69, 9.17) is 11.6 Å². The first-order valence-corrected chi connectivity index (χ1v) is 9.90. The van der Waals surface area contributed by atoms with Crippen molar-refractivity contribution in [3.05, 3.63) is 104 Å². The highest BCUT2D eigenvalue weighted by atomic mass is 35.5. The van der Waals surface area contributed by atoms with Gasteiger partial charge in [-0.05, 0) is 48.9 Å². The van der Waals surface area contributed by atoms with E-state index in [0.29, 0.717) is 16.4 Å². The van der Waals surface area contributed by atoms with Gasteiger partial charge in [0, 0.05) is 34.6 Å². The van der Waals surface area contributed by atoms with Crippen molar-refractivity contribution >= 4 is 40.4 Å². The maximum atomic E-state index is 13.0. The number of carbonyl (C=O) groups is 2. The van der Waals surface area contributed by atoms with E-state index in [-0.39, 0.29) is 16.8 Å². The number of aliphatic hydroxyl groups is 1. The average Bonchev–Trinajstić information content (AvgIpc) is 3.06. The fraction of sp³-hybridized carbons (Fsp3) is 0.0870. The number of aliphatic hydroxyl groups excluding tert-OH is 1. The molecule has 32 heavy (non-hydrogen) atoms. The number of benzene rings is 2. The molecule has 1 aliphatic heterocycles. The fourth-order valence-electron chi connectivity index (χ4n) is 3.54. The highest BCUT2D eigenvalue weighted by Crippen LogP contribution is 2.42. The third kappa shape index (κ3) is 3.61. The molecule has 4 rings (SSSR count). The fourth-order valence-corrected chi connectivity index (χ4v) is 3.72. The van der Waals surface area contributed by atoms with Gasteiger partial charge in [0.2, 0.25) is 0 Å². The number of rotatable bonds is 4. The average molecular weight is 450 g/mol. The summed E-state index contributed by atoms with van der Waals surface area (Å²) in [5.41, 5.74) is 1.37. The van der Waals surface area contributed by atoms with E-state index in [0.717, 1.165) is 5.56 Å². The minimum absolute atomic E-state index is 0.163. The van der Waals surface area contributed by atoms with E-state index in [1.54, 1.807) is 36.4 Å². The number of nitro benzene ring substituents is 1. The lowest BCUT2D eigenvalue weighted by atomic mass is 9.98. The molecule has 1 N–H and O–H groups in total. The first-order valence-electron chi connectivity index (χ1n) is 9.52. The molecular weight excluding hydrogens is 434 g/mol. The number of halogens is 1. The van der Waals surface area contributed by atoms with Crippen LogP contribution in [0.3, 0.4) is 0 Å². The first kappa shape index (κ1) is 21.2. The Morgan fingerprint density at radius 2 is 1.84 bits per heavy atom. The van der Waals surface area contributed by atoms with Gasteiger partial charge in [-0.3, -0.25) is 29.6 Å². The summed E-state index contributed by atoms with van der Waals surface area (Å²) in [7, 11) is 0. The molecule has 1 saturated heterocycles. The Balaban J connectivity index is 1.91. The van der Waals surface area contributed by atoms with Gasteiger partial charge in [-0.15, -0.1) is 0 Å². The Labute approximate surface area is 187 Å². The molecule has 1 aromatic heterocycles. The molecule has 1 atom stereocenters. The van der Waals surface area contributed by atoms with E-state index in [1.165, 1.54) is 35.4 Å². The van der Waals surface area contributed by atoms with Gasteiger partial charge < -0.3 is 5.11 Å². The summed E-state index contributed by atoms with van der Waals surface area (Å²) in [5, 5.41) is 22.3. The van der Waals surface area contributed by atoms with E-state index in [1.807, 2.05) is 6.92 Å². The standard InChI is InChI=1S/C23H16ClN3O5/c1-13-5-8-16(12-17(13)24)26-20(18-4-2-3-11-25-18)19(22(29)23(26)30)21(28)14-6-9-15(10-7-14)27(31)32/h2-12,20,28H,1H3/b21-19+. The molecule has 1 fully saturated rings. The van der Waals surface area contributed by atoms with Gasteiger partial charge in [-0.1, -0.05) is 23.7 Å². The van der Waals surface area contributed by atoms with Crippen LogP contribution >= 0.6 is 11.6 Å². The van der Waals surface area contributed by atoms with Crippen LogP contribution in [0.5, 0.6) is 0 Å². The summed E-state index contributed by atoms with van der Waals surface area (Å²) in [6.07, 6.45) is 1.52. The summed E-state index contributed by atoms with van der Waals surface area (Å²) < 4.78 is 0. The maximum Gasteiger partial charge on any atom is 0.300 e. The van der Waals surface area contributed by atoms with Gasteiger partial charge in [0.25, 0.3) is 17.4 Å². The second kappa shape index (κ2) is 8.24. The molecule has 0 radical (unpaired) electrons. The van der Waals surface area contributed by atoms with Crippen molar-refractivity contribution in [2.45, 2.75) is 13.0 Å². The normalized spacial score (nSPS) is 17.6. The second-order valence-electron chi connectivity index (χ2n) is 7.16. The molecular formula is C23H16ClN3O5. The molecule has 160 valence electrons. The van der Waals surface area contributed by atoms with Crippen molar-refractivity contribution in [3.63, 3.8) is 0 Å². The van der Waals surface area contributed by atoms with E-state index < -0.39 is 28.4 Å². The Morgan fingerprint density at radius 1 is 1.12 bits per heavy atom. The zero-order valence-electron chi connectivity index (χ0n) is 16.7. The lowest BCUT2D eigenvalue weighted by Crippen LogP contribution is -2.29. The van der Waals surface area contributed by atoms with Crippen LogP contribution in [0, 0.1) is 17.0 Å². The number of aryl methyl sites for hydroxylation is 1. The molecule has 0 spiro atoms. The zero-order chi connectivity index (χ0) is 23.0. The monoisotopic (exact) mass is 449 g/mol. The number of hydrogen-bond donors (Lipinski definition) is 1. The number of non-ortho nitro benzene ring substituents is 1. The van der Waals surface area contributed by atoms with Gasteiger partial charge in [0.1, 0.15) is 11.8 Å². The van der Waals surface area contributed by atoms with Crippen molar-refractivity contribution in [1.82, 2.24) is 4.98 Å². The van der Waals surface area contributed by atoms with Crippen LogP contribution in [0.15, 0.2) is 72.4 Å². The Morgan fingerprint density at radius 3 is 2.44 bits per heavy atom. The van der Waals surface area contributed by atoms with Crippen molar-refractivity contribution < 1.29 is 19.6 Å². The number of Topliss-reactive ketones (excluding diaryl/α,β-unsaturated/α-hetero) is 1. The number of aromatic nitrogens is 1. The van der Waals surface area contributed by atoms with Crippen LogP contribution < -0.4 is 4.90 Å². The molecule has 2 heterocycles. The van der Waals surface area contributed by atoms with Crippen LogP contribution in [0.2, 0.25) is 5.02 Å². The third-order valence-corrected chi connectivity index (χ3v) is 5.60. The van der Waals surface area contributed by atoms with E-state index in [9.17, 15) is 24.8 Å². The van der Waals surface area contributed by atoms with Crippen molar-refractivity contribution in [3.8, 4) is 0 Å². The van der Waals surface area contributed by atoms with Gasteiger partial charge >= 0.3 is 0 Å². The minimum Gasteiger partial charge on any atom is -0.507 e. The number of ketones is 1.